The molecule has 2 aromatic rings. The van der Waals surface area contributed by atoms with Crippen molar-refractivity contribution in [1.82, 2.24) is 9.13 Å². The molecular formula is C11H12N2O4. The molecular weight excluding hydrogens is 224 g/mol. The fraction of sp³-hybridized carbons (Fsp3) is 0.273. The second kappa shape index (κ2) is 3.97. The number of hydrogen-bond acceptors (Lipinski definition) is 3. The molecule has 0 aliphatic rings. The van der Waals surface area contributed by atoms with Gasteiger partial charge in [0.05, 0.1) is 18.1 Å². The molecule has 0 atom stereocenters. The van der Waals surface area contributed by atoms with Gasteiger partial charge in [0.1, 0.15) is 12.3 Å². The number of ether oxygens (including phenoxy) is 1. The minimum Gasteiger partial charge on any atom is -0.497 e. The molecule has 6 heteroatoms. The number of rotatable bonds is 3. The first-order valence-electron chi connectivity index (χ1n) is 4.99. The largest absolute Gasteiger partial charge is 0.497 e. The summed E-state index contributed by atoms with van der Waals surface area (Å²) in [6.45, 7) is -0.345. The lowest BCUT2D eigenvalue weighted by molar-refractivity contribution is -0.137. The van der Waals surface area contributed by atoms with Crippen LogP contribution in [0.15, 0.2) is 23.0 Å². The Bertz CT molecular complexity index is 639. The predicted octanol–water partition coefficient (Wildman–Crippen LogP) is 0.433. The summed E-state index contributed by atoms with van der Waals surface area (Å²) >= 11 is 0. The highest BCUT2D eigenvalue weighted by Crippen LogP contribution is 2.19. The summed E-state index contributed by atoms with van der Waals surface area (Å²) in [5.74, 6) is -0.420. The molecule has 1 aromatic carbocycles. The molecule has 0 aliphatic carbocycles. The standard InChI is InChI=1S/C11H12N2O4/c1-12-9-5-7(17-2)3-4-8(9)13(11(12)16)6-10(14)15/h3-5H,6H2,1-2H3,(H,14,15). The number of imidazole rings is 1. The second-order valence-corrected chi connectivity index (χ2v) is 3.68. The Kier molecular flexibility index (Phi) is 2.63. The summed E-state index contributed by atoms with van der Waals surface area (Å²) in [5.41, 5.74) is 0.881. The van der Waals surface area contributed by atoms with Crippen LogP contribution in [-0.4, -0.2) is 27.3 Å². The van der Waals surface area contributed by atoms with Crippen molar-refractivity contribution in [2.24, 2.45) is 7.05 Å². The number of nitrogens with zero attached hydrogens (tertiary/aromatic N) is 2. The van der Waals surface area contributed by atoms with Gasteiger partial charge >= 0.3 is 11.7 Å². The Balaban J connectivity index is 2.73. The van der Waals surface area contributed by atoms with Crippen LogP contribution in [0.2, 0.25) is 0 Å². The maximum Gasteiger partial charge on any atom is 0.329 e. The number of carboxylic acid groups (broad SMARTS) is 1. The zero-order valence-electron chi connectivity index (χ0n) is 9.51. The van der Waals surface area contributed by atoms with Crippen molar-refractivity contribution in [2.75, 3.05) is 7.11 Å². The molecule has 0 saturated heterocycles. The fourth-order valence-corrected chi connectivity index (χ4v) is 1.80. The number of methoxy groups -OCH3 is 1. The van der Waals surface area contributed by atoms with E-state index in [-0.39, 0.29) is 12.2 Å². The van der Waals surface area contributed by atoms with Gasteiger partial charge in [-0.05, 0) is 12.1 Å². The maximum absolute atomic E-state index is 11.8. The van der Waals surface area contributed by atoms with Crippen molar-refractivity contribution in [2.45, 2.75) is 6.54 Å². The number of hydrogen-bond donors (Lipinski definition) is 1. The van der Waals surface area contributed by atoms with Gasteiger partial charge < -0.3 is 9.84 Å². The fourth-order valence-electron chi connectivity index (χ4n) is 1.80. The molecule has 2 rings (SSSR count). The molecule has 0 radical (unpaired) electrons. The molecule has 1 heterocycles. The van der Waals surface area contributed by atoms with Gasteiger partial charge in [0.2, 0.25) is 0 Å². The summed E-state index contributed by atoms with van der Waals surface area (Å²) in [6, 6.07) is 5.08. The van der Waals surface area contributed by atoms with E-state index in [9.17, 15) is 9.59 Å². The van der Waals surface area contributed by atoms with E-state index >= 15 is 0 Å². The Morgan fingerprint density at radius 1 is 1.41 bits per heavy atom. The van der Waals surface area contributed by atoms with Crippen LogP contribution in [0.1, 0.15) is 0 Å². The van der Waals surface area contributed by atoms with Gasteiger partial charge in [-0.25, -0.2) is 4.79 Å². The third-order valence-corrected chi connectivity index (χ3v) is 2.65. The summed E-state index contributed by atoms with van der Waals surface area (Å²) in [4.78, 5) is 22.5. The van der Waals surface area contributed by atoms with E-state index in [1.807, 2.05) is 0 Å². The molecule has 1 N–H and O–H groups in total. The van der Waals surface area contributed by atoms with Crippen molar-refractivity contribution < 1.29 is 14.6 Å². The van der Waals surface area contributed by atoms with E-state index in [1.54, 1.807) is 25.2 Å². The minimum atomic E-state index is -1.05. The third kappa shape index (κ3) is 1.77. The average Bonchev–Trinajstić information content (AvgIpc) is 2.54. The Labute approximate surface area is 96.7 Å². The molecule has 6 nitrogen and oxygen atoms in total. The maximum atomic E-state index is 11.8. The lowest BCUT2D eigenvalue weighted by atomic mass is 10.3. The van der Waals surface area contributed by atoms with Crippen molar-refractivity contribution in [3.05, 3.63) is 28.7 Å². The third-order valence-electron chi connectivity index (χ3n) is 2.65. The van der Waals surface area contributed by atoms with Crippen LogP contribution in [0.5, 0.6) is 5.75 Å². The molecule has 0 aliphatic heterocycles. The van der Waals surface area contributed by atoms with Crippen LogP contribution >= 0.6 is 0 Å². The first kappa shape index (κ1) is 11.3. The molecule has 0 saturated carbocycles. The quantitative estimate of drug-likeness (QED) is 0.838. The number of carboxylic acids is 1. The van der Waals surface area contributed by atoms with Crippen LogP contribution < -0.4 is 10.4 Å². The van der Waals surface area contributed by atoms with Crippen molar-refractivity contribution in [3.8, 4) is 5.75 Å². The second-order valence-electron chi connectivity index (χ2n) is 3.68. The van der Waals surface area contributed by atoms with Gasteiger partial charge in [-0.1, -0.05) is 0 Å². The normalized spacial score (nSPS) is 10.7. The topological polar surface area (TPSA) is 73.5 Å². The highest BCUT2D eigenvalue weighted by atomic mass is 16.5. The number of aromatic nitrogens is 2. The highest BCUT2D eigenvalue weighted by molar-refractivity contribution is 5.79. The van der Waals surface area contributed by atoms with Gasteiger partial charge in [-0.15, -0.1) is 0 Å². The van der Waals surface area contributed by atoms with Crippen LogP contribution in [0.25, 0.3) is 11.0 Å². The summed E-state index contributed by atoms with van der Waals surface area (Å²) in [6.07, 6.45) is 0. The number of aliphatic carboxylic acids is 1. The lowest BCUT2D eigenvalue weighted by Gasteiger charge is -2.01. The first-order chi connectivity index (χ1) is 8.04. The zero-order chi connectivity index (χ0) is 12.6. The zero-order valence-corrected chi connectivity index (χ0v) is 9.51. The van der Waals surface area contributed by atoms with Crippen molar-refractivity contribution in [3.63, 3.8) is 0 Å². The molecule has 0 amide bonds. The first-order valence-corrected chi connectivity index (χ1v) is 4.99. The summed E-state index contributed by atoms with van der Waals surface area (Å²) in [5, 5.41) is 8.77. The lowest BCUT2D eigenvalue weighted by Crippen LogP contribution is -2.25. The average molecular weight is 236 g/mol. The van der Waals surface area contributed by atoms with Crippen LogP contribution in [0.4, 0.5) is 0 Å². The van der Waals surface area contributed by atoms with Crippen molar-refractivity contribution in [1.29, 1.82) is 0 Å². The Morgan fingerprint density at radius 3 is 2.71 bits per heavy atom. The Hall–Kier alpha value is -2.24. The van der Waals surface area contributed by atoms with Crippen molar-refractivity contribution >= 4 is 17.0 Å². The highest BCUT2D eigenvalue weighted by Gasteiger charge is 2.13. The molecule has 17 heavy (non-hydrogen) atoms. The molecule has 0 spiro atoms. The number of aryl methyl sites for hydroxylation is 1. The molecule has 0 unspecified atom stereocenters. The number of benzene rings is 1. The minimum absolute atomic E-state index is 0.345. The van der Waals surface area contributed by atoms with E-state index in [0.717, 1.165) is 0 Å². The molecule has 90 valence electrons. The van der Waals surface area contributed by atoms with Crippen LogP contribution in [-0.2, 0) is 18.4 Å². The van der Waals surface area contributed by atoms with Gasteiger partial charge in [-0.3, -0.25) is 13.9 Å². The van der Waals surface area contributed by atoms with Gasteiger partial charge in [0.25, 0.3) is 0 Å². The van der Waals surface area contributed by atoms with Crippen LogP contribution in [0, 0.1) is 0 Å². The summed E-state index contributed by atoms with van der Waals surface area (Å²) < 4.78 is 7.69. The molecule has 0 fully saturated rings. The van der Waals surface area contributed by atoms with E-state index in [0.29, 0.717) is 16.8 Å². The van der Waals surface area contributed by atoms with Gasteiger partial charge in [0, 0.05) is 13.1 Å². The van der Waals surface area contributed by atoms with Gasteiger partial charge in [0.15, 0.2) is 0 Å². The number of fused-ring (bicyclic) bond motifs is 1. The summed E-state index contributed by atoms with van der Waals surface area (Å²) in [7, 11) is 3.13. The predicted molar refractivity (Wildman–Crippen MR) is 61.4 cm³/mol. The number of carbonyl (C=O) groups is 1. The smallest absolute Gasteiger partial charge is 0.329 e. The van der Waals surface area contributed by atoms with Crippen LogP contribution in [0.3, 0.4) is 0 Å². The van der Waals surface area contributed by atoms with E-state index in [1.165, 1.54) is 16.2 Å². The van der Waals surface area contributed by atoms with E-state index in [2.05, 4.69) is 0 Å². The Morgan fingerprint density at radius 2 is 2.12 bits per heavy atom. The van der Waals surface area contributed by atoms with E-state index < -0.39 is 5.97 Å². The monoisotopic (exact) mass is 236 g/mol. The van der Waals surface area contributed by atoms with Gasteiger partial charge in [-0.2, -0.15) is 0 Å². The van der Waals surface area contributed by atoms with E-state index in [4.69, 9.17) is 9.84 Å². The molecule has 1 aromatic heterocycles. The SMILES string of the molecule is COc1ccc2c(c1)n(C)c(=O)n2CC(=O)O. The molecule has 0 bridgehead atoms.